The second-order valence-corrected chi connectivity index (χ2v) is 6.29. The lowest BCUT2D eigenvalue weighted by atomic mass is 9.88. The van der Waals surface area contributed by atoms with Crippen LogP contribution in [0.5, 0.6) is 0 Å². The zero-order valence-electron chi connectivity index (χ0n) is 16.8. The van der Waals surface area contributed by atoms with E-state index in [1.165, 1.54) is 7.11 Å². The van der Waals surface area contributed by atoms with Crippen LogP contribution in [-0.2, 0) is 9.47 Å². The SMILES string of the molecule is CCO.COC(=O)OC1=C(C)NC(C)=C([N+](=O)[O-])C1c1ccc2ccccc2c1. The number of allylic oxidation sites excluding steroid dienone is 2. The van der Waals surface area contributed by atoms with Crippen LogP contribution in [0.25, 0.3) is 10.8 Å². The topological polar surface area (TPSA) is 111 Å². The predicted molar refractivity (Wildman–Crippen MR) is 108 cm³/mol. The number of hydrogen-bond acceptors (Lipinski definition) is 7. The number of fused-ring (bicyclic) bond motifs is 1. The number of dihydropyridines is 1. The van der Waals surface area contributed by atoms with Crippen molar-refractivity contribution in [2.75, 3.05) is 13.7 Å². The van der Waals surface area contributed by atoms with Crippen LogP contribution >= 0.6 is 0 Å². The number of carbonyl (C=O) groups is 1. The molecular weight excluding hydrogens is 376 g/mol. The predicted octanol–water partition coefficient (Wildman–Crippen LogP) is 4.05. The molecule has 0 saturated carbocycles. The molecule has 3 rings (SSSR count). The molecule has 8 nitrogen and oxygen atoms in total. The molecule has 1 unspecified atom stereocenters. The van der Waals surface area contributed by atoms with Crippen molar-refractivity contribution in [3.63, 3.8) is 0 Å². The Balaban J connectivity index is 0.000000941. The third-order valence-electron chi connectivity index (χ3n) is 4.33. The Hall–Kier alpha value is -3.39. The molecule has 2 aromatic carbocycles. The van der Waals surface area contributed by atoms with Gasteiger partial charge in [0.2, 0.25) is 0 Å². The lowest BCUT2D eigenvalue weighted by Crippen LogP contribution is -2.29. The van der Waals surface area contributed by atoms with E-state index < -0.39 is 17.0 Å². The van der Waals surface area contributed by atoms with Gasteiger partial charge in [0.25, 0.3) is 5.70 Å². The van der Waals surface area contributed by atoms with Gasteiger partial charge in [-0.05, 0) is 43.2 Å². The van der Waals surface area contributed by atoms with E-state index in [1.807, 2.05) is 42.5 Å². The molecule has 1 heterocycles. The van der Waals surface area contributed by atoms with Crippen molar-refractivity contribution in [3.05, 3.63) is 81.0 Å². The van der Waals surface area contributed by atoms with Crippen LogP contribution < -0.4 is 5.32 Å². The van der Waals surface area contributed by atoms with Gasteiger partial charge in [-0.15, -0.1) is 0 Å². The normalized spacial score (nSPS) is 16.0. The summed E-state index contributed by atoms with van der Waals surface area (Å²) < 4.78 is 9.85. The standard InChI is InChI=1S/C19H18N2O5.C2H6O/c1-11-17(21(23)24)16(18(12(2)20-11)26-19(22)25-3)15-9-8-13-6-4-5-7-14(13)10-15;1-2-3/h4-10,16,20H,1-3H3;3H,2H2,1H3. The summed E-state index contributed by atoms with van der Waals surface area (Å²) in [5.74, 6) is -0.667. The molecule has 1 atom stereocenters. The van der Waals surface area contributed by atoms with Crippen LogP contribution in [0.15, 0.2) is 65.3 Å². The van der Waals surface area contributed by atoms with Gasteiger partial charge in [0.05, 0.1) is 23.4 Å². The van der Waals surface area contributed by atoms with Crippen molar-refractivity contribution in [3.8, 4) is 0 Å². The molecule has 0 amide bonds. The smallest absolute Gasteiger partial charge is 0.437 e. The molecule has 1 aliphatic rings. The van der Waals surface area contributed by atoms with E-state index in [-0.39, 0.29) is 18.1 Å². The zero-order valence-corrected chi connectivity index (χ0v) is 16.8. The summed E-state index contributed by atoms with van der Waals surface area (Å²) in [6.45, 7) is 5.26. The summed E-state index contributed by atoms with van der Waals surface area (Å²) in [4.78, 5) is 23.0. The lowest BCUT2D eigenvalue weighted by molar-refractivity contribution is -0.431. The third-order valence-corrected chi connectivity index (χ3v) is 4.33. The first-order valence-electron chi connectivity index (χ1n) is 9.02. The number of aliphatic hydroxyl groups is 1. The van der Waals surface area contributed by atoms with Crippen molar-refractivity contribution >= 4 is 16.9 Å². The van der Waals surface area contributed by atoms with Crippen molar-refractivity contribution in [1.29, 1.82) is 0 Å². The number of hydrogen-bond donors (Lipinski definition) is 2. The minimum Gasteiger partial charge on any atom is -0.437 e. The molecule has 1 aliphatic heterocycles. The molecule has 0 radical (unpaired) electrons. The highest BCUT2D eigenvalue weighted by Gasteiger charge is 2.39. The van der Waals surface area contributed by atoms with E-state index in [4.69, 9.17) is 9.84 Å². The number of nitrogens with zero attached hydrogens (tertiary/aromatic N) is 1. The number of nitro groups is 1. The molecule has 0 spiro atoms. The maximum Gasteiger partial charge on any atom is 0.513 e. The Bertz CT molecular complexity index is 980. The van der Waals surface area contributed by atoms with E-state index >= 15 is 0 Å². The fraction of sp³-hybridized carbons (Fsp3) is 0.286. The fourth-order valence-electron chi connectivity index (χ4n) is 3.17. The number of benzene rings is 2. The van der Waals surface area contributed by atoms with Crippen LogP contribution in [0.3, 0.4) is 0 Å². The molecule has 2 N–H and O–H groups in total. The van der Waals surface area contributed by atoms with Crippen LogP contribution in [0.4, 0.5) is 4.79 Å². The van der Waals surface area contributed by atoms with Crippen molar-refractivity contribution in [1.82, 2.24) is 5.32 Å². The third kappa shape index (κ3) is 4.91. The highest BCUT2D eigenvalue weighted by molar-refractivity contribution is 5.83. The second-order valence-electron chi connectivity index (χ2n) is 6.29. The molecule has 2 aromatic rings. The summed E-state index contributed by atoms with van der Waals surface area (Å²) in [5, 5.41) is 24.2. The van der Waals surface area contributed by atoms with Gasteiger partial charge in [0.15, 0.2) is 0 Å². The lowest BCUT2D eigenvalue weighted by Gasteiger charge is -2.26. The number of carbonyl (C=O) groups excluding carboxylic acids is 1. The average Bonchev–Trinajstić information content (AvgIpc) is 2.69. The highest BCUT2D eigenvalue weighted by Crippen LogP contribution is 2.39. The summed E-state index contributed by atoms with van der Waals surface area (Å²) in [6, 6.07) is 13.3. The maximum atomic E-state index is 11.7. The second kappa shape index (κ2) is 9.70. The van der Waals surface area contributed by atoms with Gasteiger partial charge in [-0.2, -0.15) is 0 Å². The van der Waals surface area contributed by atoms with Crippen LogP contribution in [0, 0.1) is 10.1 Å². The summed E-state index contributed by atoms with van der Waals surface area (Å²) in [7, 11) is 1.19. The number of ether oxygens (including phenoxy) is 2. The quantitative estimate of drug-likeness (QED) is 0.454. The molecule has 154 valence electrons. The Morgan fingerprint density at radius 3 is 2.38 bits per heavy atom. The zero-order chi connectivity index (χ0) is 21.6. The van der Waals surface area contributed by atoms with Gasteiger partial charge < -0.3 is 19.9 Å². The number of rotatable bonds is 3. The Kier molecular flexibility index (Phi) is 7.33. The summed E-state index contributed by atoms with van der Waals surface area (Å²) >= 11 is 0. The molecular formula is C21H24N2O6. The molecule has 8 heteroatoms. The minimum atomic E-state index is -0.922. The first-order chi connectivity index (χ1) is 13.8. The van der Waals surface area contributed by atoms with E-state index in [0.717, 1.165) is 10.8 Å². The van der Waals surface area contributed by atoms with Gasteiger partial charge in [-0.25, -0.2) is 4.79 Å². The highest BCUT2D eigenvalue weighted by atomic mass is 16.7. The monoisotopic (exact) mass is 400 g/mol. The first kappa shape index (κ1) is 21.9. The summed E-state index contributed by atoms with van der Waals surface area (Å²) in [6.07, 6.45) is -0.922. The maximum absolute atomic E-state index is 11.7. The molecule has 0 aromatic heterocycles. The number of nitrogens with one attached hydrogen (secondary N) is 1. The molecule has 29 heavy (non-hydrogen) atoms. The minimum absolute atomic E-state index is 0.0650. The summed E-state index contributed by atoms with van der Waals surface area (Å²) in [5.41, 5.74) is 1.53. The Labute approximate surface area is 168 Å². The Morgan fingerprint density at radius 1 is 1.17 bits per heavy atom. The van der Waals surface area contributed by atoms with Crippen molar-refractivity contribution in [2.45, 2.75) is 26.7 Å². The molecule has 0 aliphatic carbocycles. The molecule has 0 saturated heterocycles. The van der Waals surface area contributed by atoms with Crippen molar-refractivity contribution < 1.29 is 24.3 Å². The largest absolute Gasteiger partial charge is 0.513 e. The Morgan fingerprint density at radius 2 is 1.79 bits per heavy atom. The van der Waals surface area contributed by atoms with Gasteiger partial charge in [0.1, 0.15) is 11.7 Å². The van der Waals surface area contributed by atoms with E-state index in [2.05, 4.69) is 10.1 Å². The molecule has 0 fully saturated rings. The van der Waals surface area contributed by atoms with Crippen molar-refractivity contribution in [2.24, 2.45) is 0 Å². The van der Waals surface area contributed by atoms with Crippen LogP contribution in [0.2, 0.25) is 0 Å². The fourth-order valence-corrected chi connectivity index (χ4v) is 3.17. The van der Waals surface area contributed by atoms with Gasteiger partial charge in [0, 0.05) is 6.61 Å². The number of methoxy groups -OCH3 is 1. The first-order valence-corrected chi connectivity index (χ1v) is 9.02. The van der Waals surface area contributed by atoms with Gasteiger partial charge >= 0.3 is 6.16 Å². The van der Waals surface area contributed by atoms with E-state index in [0.29, 0.717) is 17.0 Å². The molecule has 0 bridgehead atoms. The van der Waals surface area contributed by atoms with E-state index in [1.54, 1.807) is 20.8 Å². The van der Waals surface area contributed by atoms with Gasteiger partial charge in [-0.1, -0.05) is 36.4 Å². The van der Waals surface area contributed by atoms with E-state index in [9.17, 15) is 14.9 Å². The van der Waals surface area contributed by atoms with Crippen LogP contribution in [-0.4, -0.2) is 29.9 Å². The van der Waals surface area contributed by atoms with Crippen LogP contribution in [0.1, 0.15) is 32.3 Å². The van der Waals surface area contributed by atoms with Gasteiger partial charge in [-0.3, -0.25) is 10.1 Å². The average molecular weight is 400 g/mol. The number of aliphatic hydroxyl groups excluding tert-OH is 1.